The number of urea groups is 1. The molecule has 2 aromatic heterocycles. The van der Waals surface area contributed by atoms with Gasteiger partial charge in [-0.1, -0.05) is 17.4 Å². The number of ether oxygens (including phenoxy) is 2. The van der Waals surface area contributed by atoms with Crippen molar-refractivity contribution in [3.8, 4) is 11.5 Å². The van der Waals surface area contributed by atoms with Crippen LogP contribution in [0.1, 0.15) is 5.56 Å². The molecule has 0 atom stereocenters. The number of aromatic nitrogens is 3. The van der Waals surface area contributed by atoms with Crippen molar-refractivity contribution in [1.82, 2.24) is 15.0 Å². The van der Waals surface area contributed by atoms with E-state index < -0.39 is 6.03 Å². The molecule has 176 valence electrons. The van der Waals surface area contributed by atoms with Gasteiger partial charge in [0.1, 0.15) is 23.6 Å². The summed E-state index contributed by atoms with van der Waals surface area (Å²) in [5.41, 5.74) is 4.01. The van der Waals surface area contributed by atoms with Gasteiger partial charge in [-0.3, -0.25) is 5.32 Å². The largest absolute Gasteiger partial charge is 0.497 e. The van der Waals surface area contributed by atoms with Crippen molar-refractivity contribution in [3.05, 3.63) is 66.5 Å². The Morgan fingerprint density at radius 3 is 2.63 bits per heavy atom. The van der Waals surface area contributed by atoms with Crippen LogP contribution in [0.5, 0.6) is 11.5 Å². The number of amides is 2. The van der Waals surface area contributed by atoms with Crippen molar-refractivity contribution in [2.24, 2.45) is 0 Å². The molecule has 9 nitrogen and oxygen atoms in total. The highest BCUT2D eigenvalue weighted by Gasteiger charge is 2.12. The van der Waals surface area contributed by atoms with E-state index >= 15 is 0 Å². The van der Waals surface area contributed by atoms with Crippen LogP contribution in [0.3, 0.4) is 0 Å². The van der Waals surface area contributed by atoms with E-state index in [1.807, 2.05) is 61.5 Å². The zero-order valence-corrected chi connectivity index (χ0v) is 20.1. The molecule has 0 bridgehead atoms. The Kier molecular flexibility index (Phi) is 6.02. The molecular formula is C25H22N6O3S. The van der Waals surface area contributed by atoms with E-state index in [4.69, 9.17) is 9.47 Å². The SMILES string of the molecule is COc1ccc2c(Nc3ccc4nc(NC(=O)Nc5cc(C)ccc5OC)sc4c3)ncnc2c1. The molecule has 0 spiro atoms. The first kappa shape index (κ1) is 22.4. The van der Waals surface area contributed by atoms with Crippen molar-refractivity contribution in [2.45, 2.75) is 6.92 Å². The minimum atomic E-state index is -0.394. The third-order valence-electron chi connectivity index (χ3n) is 5.32. The number of fused-ring (bicyclic) bond motifs is 2. The molecule has 0 saturated carbocycles. The van der Waals surface area contributed by atoms with Crippen LogP contribution in [-0.2, 0) is 0 Å². The maximum Gasteiger partial charge on any atom is 0.325 e. The van der Waals surface area contributed by atoms with Gasteiger partial charge in [0, 0.05) is 17.1 Å². The normalized spacial score (nSPS) is 10.8. The lowest BCUT2D eigenvalue weighted by Crippen LogP contribution is -2.19. The van der Waals surface area contributed by atoms with Gasteiger partial charge in [-0.05, 0) is 55.0 Å². The van der Waals surface area contributed by atoms with E-state index in [0.29, 0.717) is 22.4 Å². The minimum absolute atomic E-state index is 0.394. The van der Waals surface area contributed by atoms with Gasteiger partial charge in [0.15, 0.2) is 5.13 Å². The van der Waals surface area contributed by atoms with Gasteiger partial charge in [-0.15, -0.1) is 0 Å². The molecule has 2 heterocycles. The van der Waals surface area contributed by atoms with Crippen LogP contribution >= 0.6 is 11.3 Å². The van der Waals surface area contributed by atoms with Crippen LogP contribution in [0.15, 0.2) is 60.9 Å². The number of aryl methyl sites for hydroxylation is 1. The zero-order chi connectivity index (χ0) is 24.4. The summed E-state index contributed by atoms with van der Waals surface area (Å²) in [5.74, 6) is 2.01. The Bertz CT molecular complexity index is 1550. The second kappa shape index (κ2) is 9.43. The average molecular weight is 487 g/mol. The van der Waals surface area contributed by atoms with Crippen LogP contribution < -0.4 is 25.4 Å². The number of carbonyl (C=O) groups is 1. The van der Waals surface area contributed by atoms with Crippen LogP contribution in [0.2, 0.25) is 0 Å². The third-order valence-corrected chi connectivity index (χ3v) is 6.25. The molecule has 0 aliphatic heterocycles. The number of benzene rings is 3. The Hall–Kier alpha value is -4.44. The molecule has 5 aromatic rings. The topological polar surface area (TPSA) is 110 Å². The molecule has 3 N–H and O–H groups in total. The van der Waals surface area contributed by atoms with Gasteiger partial charge in [0.25, 0.3) is 0 Å². The van der Waals surface area contributed by atoms with Crippen LogP contribution in [0.25, 0.3) is 21.1 Å². The Morgan fingerprint density at radius 2 is 1.80 bits per heavy atom. The fourth-order valence-electron chi connectivity index (χ4n) is 3.63. The number of methoxy groups -OCH3 is 2. The Balaban J connectivity index is 1.34. The molecule has 2 amide bonds. The highest BCUT2D eigenvalue weighted by molar-refractivity contribution is 7.22. The van der Waals surface area contributed by atoms with E-state index in [1.54, 1.807) is 14.2 Å². The van der Waals surface area contributed by atoms with Gasteiger partial charge in [-0.25, -0.2) is 19.7 Å². The monoisotopic (exact) mass is 486 g/mol. The number of hydrogen-bond donors (Lipinski definition) is 3. The number of nitrogens with one attached hydrogen (secondary N) is 3. The number of rotatable bonds is 6. The summed E-state index contributed by atoms with van der Waals surface area (Å²) in [6.45, 7) is 1.95. The lowest BCUT2D eigenvalue weighted by molar-refractivity contribution is 0.262. The van der Waals surface area contributed by atoms with Gasteiger partial charge >= 0.3 is 6.03 Å². The van der Waals surface area contributed by atoms with Crippen molar-refractivity contribution in [2.75, 3.05) is 30.2 Å². The fourth-order valence-corrected chi connectivity index (χ4v) is 4.53. The molecule has 5 rings (SSSR count). The Morgan fingerprint density at radius 1 is 0.914 bits per heavy atom. The third kappa shape index (κ3) is 4.78. The minimum Gasteiger partial charge on any atom is -0.497 e. The van der Waals surface area contributed by atoms with Crippen molar-refractivity contribution in [3.63, 3.8) is 0 Å². The van der Waals surface area contributed by atoms with Gasteiger partial charge < -0.3 is 20.1 Å². The standard InChI is InChI=1S/C25H22N6O3S/c1-14-4-9-21(34-3)20(10-14)29-24(32)31-25-30-18-8-5-15(11-22(18)35-25)28-23-17-7-6-16(33-2)12-19(17)26-13-27-23/h4-13H,1-3H3,(H,26,27,28)(H2,29,30,31,32). The number of thiazole rings is 1. The summed E-state index contributed by atoms with van der Waals surface area (Å²) in [6.07, 6.45) is 1.51. The second-order valence-electron chi connectivity index (χ2n) is 7.71. The average Bonchev–Trinajstić information content (AvgIpc) is 3.25. The van der Waals surface area contributed by atoms with Crippen LogP contribution in [-0.4, -0.2) is 35.2 Å². The van der Waals surface area contributed by atoms with E-state index in [9.17, 15) is 4.79 Å². The van der Waals surface area contributed by atoms with Crippen LogP contribution in [0.4, 0.5) is 27.1 Å². The van der Waals surface area contributed by atoms with E-state index in [1.165, 1.54) is 17.7 Å². The molecule has 0 aliphatic carbocycles. The van der Waals surface area contributed by atoms with E-state index in [-0.39, 0.29) is 0 Å². The first-order valence-electron chi connectivity index (χ1n) is 10.7. The second-order valence-corrected chi connectivity index (χ2v) is 8.75. The van der Waals surface area contributed by atoms with Gasteiger partial charge in [-0.2, -0.15) is 0 Å². The lowest BCUT2D eigenvalue weighted by atomic mass is 10.2. The van der Waals surface area contributed by atoms with Crippen LogP contribution in [0, 0.1) is 6.92 Å². The molecule has 0 unspecified atom stereocenters. The molecule has 3 aromatic carbocycles. The zero-order valence-electron chi connectivity index (χ0n) is 19.2. The molecule has 0 radical (unpaired) electrons. The Labute approximate surface area is 205 Å². The molecule has 0 saturated heterocycles. The molecule has 0 aliphatic rings. The quantitative estimate of drug-likeness (QED) is 0.272. The molecule has 10 heteroatoms. The predicted molar refractivity (Wildman–Crippen MR) is 139 cm³/mol. The smallest absolute Gasteiger partial charge is 0.325 e. The molecule has 35 heavy (non-hydrogen) atoms. The summed E-state index contributed by atoms with van der Waals surface area (Å²) in [7, 11) is 3.19. The maximum atomic E-state index is 12.6. The van der Waals surface area contributed by atoms with E-state index in [2.05, 4.69) is 30.9 Å². The predicted octanol–water partition coefficient (Wildman–Crippen LogP) is 5.95. The highest BCUT2D eigenvalue weighted by Crippen LogP contribution is 2.32. The molecular weight excluding hydrogens is 464 g/mol. The van der Waals surface area contributed by atoms with Gasteiger partial charge in [0.05, 0.1) is 35.6 Å². The van der Waals surface area contributed by atoms with Crippen molar-refractivity contribution in [1.29, 1.82) is 0 Å². The highest BCUT2D eigenvalue weighted by atomic mass is 32.1. The van der Waals surface area contributed by atoms with Gasteiger partial charge in [0.2, 0.25) is 0 Å². The summed E-state index contributed by atoms with van der Waals surface area (Å²) in [5, 5.41) is 10.3. The van der Waals surface area contributed by atoms with E-state index in [0.717, 1.165) is 38.1 Å². The number of nitrogens with zero attached hydrogens (tertiary/aromatic N) is 3. The van der Waals surface area contributed by atoms with Crippen molar-refractivity contribution < 1.29 is 14.3 Å². The summed E-state index contributed by atoms with van der Waals surface area (Å²) >= 11 is 1.38. The summed E-state index contributed by atoms with van der Waals surface area (Å²) in [4.78, 5) is 25.8. The summed E-state index contributed by atoms with van der Waals surface area (Å²) < 4.78 is 11.5. The molecule has 0 fully saturated rings. The first-order valence-corrected chi connectivity index (χ1v) is 11.5. The number of anilines is 4. The number of hydrogen-bond acceptors (Lipinski definition) is 8. The van der Waals surface area contributed by atoms with Crippen molar-refractivity contribution >= 4 is 60.8 Å². The lowest BCUT2D eigenvalue weighted by Gasteiger charge is -2.10. The number of carbonyl (C=O) groups excluding carboxylic acids is 1. The fraction of sp³-hybridized carbons (Fsp3) is 0.120. The first-order chi connectivity index (χ1) is 17.0. The maximum absolute atomic E-state index is 12.6. The summed E-state index contributed by atoms with van der Waals surface area (Å²) in [6, 6.07) is 16.6.